The van der Waals surface area contributed by atoms with Crippen molar-refractivity contribution in [3.05, 3.63) is 89.8 Å². The van der Waals surface area contributed by atoms with Gasteiger partial charge in [-0.2, -0.15) is 5.10 Å². The van der Waals surface area contributed by atoms with E-state index in [-0.39, 0.29) is 11.3 Å². The molecule has 0 aliphatic heterocycles. The number of hydrogen-bond donors (Lipinski definition) is 1. The average Bonchev–Trinajstić information content (AvgIpc) is 3.54. The second-order valence-corrected chi connectivity index (χ2v) is 7.29. The molecular weight excluding hydrogens is 438 g/mol. The maximum absolute atomic E-state index is 12.9. The molecule has 0 saturated heterocycles. The molecule has 4 rings (SSSR count). The number of nitrogens with one attached hydrogen (secondary N) is 1. The summed E-state index contributed by atoms with van der Waals surface area (Å²) >= 11 is 0. The van der Waals surface area contributed by atoms with Crippen molar-refractivity contribution in [2.45, 2.75) is 6.92 Å². The lowest BCUT2D eigenvalue weighted by Crippen LogP contribution is -2.22. The lowest BCUT2D eigenvalue weighted by Gasteiger charge is -2.11. The minimum atomic E-state index is -0.732. The van der Waals surface area contributed by atoms with Gasteiger partial charge in [-0.25, -0.2) is 14.3 Å². The van der Waals surface area contributed by atoms with Crippen molar-refractivity contribution < 1.29 is 28.3 Å². The Morgan fingerprint density at radius 3 is 2.50 bits per heavy atom. The summed E-state index contributed by atoms with van der Waals surface area (Å²) in [6.07, 6.45) is 1.51. The molecule has 172 valence electrons. The number of methoxy groups -OCH3 is 1. The summed E-state index contributed by atoms with van der Waals surface area (Å²) in [5, 5.41) is 7.11. The molecule has 0 saturated carbocycles. The van der Waals surface area contributed by atoms with Crippen LogP contribution in [-0.4, -0.2) is 41.3 Å². The zero-order valence-corrected chi connectivity index (χ0v) is 18.5. The molecule has 0 fully saturated rings. The minimum absolute atomic E-state index is 0.134. The molecule has 0 spiro atoms. The van der Waals surface area contributed by atoms with Crippen LogP contribution < -0.4 is 5.32 Å². The highest BCUT2D eigenvalue weighted by Gasteiger charge is 2.21. The van der Waals surface area contributed by atoms with Crippen LogP contribution in [0.2, 0.25) is 0 Å². The Hall–Kier alpha value is -4.66. The van der Waals surface area contributed by atoms with Crippen LogP contribution in [0.1, 0.15) is 26.4 Å². The Balaban J connectivity index is 1.50. The lowest BCUT2D eigenvalue weighted by molar-refractivity contribution is -0.119. The van der Waals surface area contributed by atoms with Gasteiger partial charge in [0.05, 0.1) is 24.6 Å². The first-order valence-corrected chi connectivity index (χ1v) is 10.3. The van der Waals surface area contributed by atoms with E-state index < -0.39 is 24.5 Å². The van der Waals surface area contributed by atoms with E-state index >= 15 is 0 Å². The molecule has 9 nitrogen and oxygen atoms in total. The van der Waals surface area contributed by atoms with E-state index in [0.717, 1.165) is 5.56 Å². The number of rotatable bonds is 7. The standard InChI is InChI=1S/C25H21N3O6/c1-16-10-11-17(24(30)32-2)13-19(16)26-23(29)15-34-25(31)21-14-20(22-9-6-12-33-22)27-28(21)18-7-4-3-5-8-18/h3-14H,15H2,1-2H3,(H,26,29). The molecule has 0 radical (unpaired) electrons. The smallest absolute Gasteiger partial charge is 0.357 e. The van der Waals surface area contributed by atoms with Crippen molar-refractivity contribution in [2.75, 3.05) is 19.0 Å². The summed E-state index contributed by atoms with van der Waals surface area (Å²) in [5.41, 5.74) is 2.66. The SMILES string of the molecule is COC(=O)c1ccc(C)c(NC(=O)COC(=O)c2cc(-c3ccco3)nn2-c2ccccc2)c1. The Morgan fingerprint density at radius 2 is 1.79 bits per heavy atom. The highest BCUT2D eigenvalue weighted by Crippen LogP contribution is 2.23. The summed E-state index contributed by atoms with van der Waals surface area (Å²) in [4.78, 5) is 37.1. The average molecular weight is 459 g/mol. The predicted octanol–water partition coefficient (Wildman–Crippen LogP) is 4.02. The van der Waals surface area contributed by atoms with Gasteiger partial charge >= 0.3 is 11.9 Å². The van der Waals surface area contributed by atoms with Crippen LogP contribution >= 0.6 is 0 Å². The number of aromatic nitrogens is 2. The van der Waals surface area contributed by atoms with Gasteiger partial charge in [0.2, 0.25) is 0 Å². The minimum Gasteiger partial charge on any atom is -0.465 e. The quantitative estimate of drug-likeness (QED) is 0.415. The van der Waals surface area contributed by atoms with Gasteiger partial charge in [0.25, 0.3) is 5.91 Å². The van der Waals surface area contributed by atoms with Gasteiger partial charge in [-0.15, -0.1) is 0 Å². The second-order valence-electron chi connectivity index (χ2n) is 7.29. The fourth-order valence-electron chi connectivity index (χ4n) is 3.23. The van der Waals surface area contributed by atoms with Crippen LogP contribution in [0.15, 0.2) is 77.4 Å². The summed E-state index contributed by atoms with van der Waals surface area (Å²) in [5.74, 6) is -1.33. The normalized spacial score (nSPS) is 10.5. The van der Waals surface area contributed by atoms with E-state index in [1.165, 1.54) is 30.2 Å². The van der Waals surface area contributed by atoms with Crippen LogP contribution in [-0.2, 0) is 14.3 Å². The molecule has 2 aromatic heterocycles. The topological polar surface area (TPSA) is 113 Å². The van der Waals surface area contributed by atoms with E-state index in [0.29, 0.717) is 22.8 Å². The zero-order chi connectivity index (χ0) is 24.1. The summed E-state index contributed by atoms with van der Waals surface area (Å²) in [7, 11) is 1.28. The molecule has 0 unspecified atom stereocenters. The van der Waals surface area contributed by atoms with Gasteiger partial charge in [-0.1, -0.05) is 24.3 Å². The van der Waals surface area contributed by atoms with Crippen molar-refractivity contribution in [1.82, 2.24) is 9.78 Å². The lowest BCUT2D eigenvalue weighted by atomic mass is 10.1. The number of benzene rings is 2. The largest absolute Gasteiger partial charge is 0.465 e. The zero-order valence-electron chi connectivity index (χ0n) is 18.5. The maximum atomic E-state index is 12.9. The molecule has 2 aromatic carbocycles. The Morgan fingerprint density at radius 1 is 1.00 bits per heavy atom. The molecule has 9 heteroatoms. The summed E-state index contributed by atoms with van der Waals surface area (Å²) in [6.45, 7) is 1.24. The molecule has 4 aromatic rings. The van der Waals surface area contributed by atoms with E-state index in [9.17, 15) is 14.4 Å². The number of hydrogen-bond acceptors (Lipinski definition) is 7. The summed E-state index contributed by atoms with van der Waals surface area (Å²) in [6, 6.07) is 18.8. The van der Waals surface area contributed by atoms with Crippen molar-refractivity contribution in [2.24, 2.45) is 0 Å². The molecule has 0 atom stereocenters. The van der Waals surface area contributed by atoms with Crippen molar-refractivity contribution in [3.63, 3.8) is 0 Å². The van der Waals surface area contributed by atoms with Gasteiger partial charge in [0.15, 0.2) is 18.1 Å². The number of amides is 1. The number of aryl methyl sites for hydroxylation is 1. The highest BCUT2D eigenvalue weighted by atomic mass is 16.5. The van der Waals surface area contributed by atoms with Crippen molar-refractivity contribution in [1.29, 1.82) is 0 Å². The van der Waals surface area contributed by atoms with E-state index in [1.54, 1.807) is 43.3 Å². The monoisotopic (exact) mass is 459 g/mol. The number of carbonyl (C=O) groups is 3. The van der Waals surface area contributed by atoms with Gasteiger partial charge in [-0.05, 0) is 48.9 Å². The second kappa shape index (κ2) is 9.86. The number of carbonyl (C=O) groups excluding carboxylic acids is 3. The molecule has 1 N–H and O–H groups in total. The number of esters is 2. The first kappa shape index (κ1) is 22.5. The molecule has 0 bridgehead atoms. The Kier molecular flexibility index (Phi) is 6.54. The van der Waals surface area contributed by atoms with Crippen LogP contribution in [0.4, 0.5) is 5.69 Å². The molecule has 34 heavy (non-hydrogen) atoms. The van der Waals surface area contributed by atoms with Crippen LogP contribution in [0.3, 0.4) is 0 Å². The fourth-order valence-corrected chi connectivity index (χ4v) is 3.23. The van der Waals surface area contributed by atoms with Gasteiger partial charge in [-0.3, -0.25) is 4.79 Å². The number of anilines is 1. The maximum Gasteiger partial charge on any atom is 0.357 e. The number of para-hydroxylation sites is 1. The summed E-state index contributed by atoms with van der Waals surface area (Å²) < 4.78 is 16.8. The Labute approximate surface area is 194 Å². The first-order chi connectivity index (χ1) is 16.5. The van der Waals surface area contributed by atoms with Gasteiger partial charge < -0.3 is 19.2 Å². The highest BCUT2D eigenvalue weighted by molar-refractivity contribution is 5.97. The van der Waals surface area contributed by atoms with Gasteiger partial charge in [0.1, 0.15) is 5.69 Å². The van der Waals surface area contributed by atoms with Crippen LogP contribution in [0, 0.1) is 6.92 Å². The Bertz CT molecular complexity index is 1330. The number of ether oxygens (including phenoxy) is 2. The van der Waals surface area contributed by atoms with E-state index in [4.69, 9.17) is 13.9 Å². The third-order valence-corrected chi connectivity index (χ3v) is 4.96. The fraction of sp³-hybridized carbons (Fsp3) is 0.120. The molecule has 2 heterocycles. The van der Waals surface area contributed by atoms with Gasteiger partial charge in [0, 0.05) is 11.8 Å². The molecular formula is C25H21N3O6. The van der Waals surface area contributed by atoms with E-state index in [2.05, 4.69) is 10.4 Å². The van der Waals surface area contributed by atoms with Crippen molar-refractivity contribution >= 4 is 23.5 Å². The third-order valence-electron chi connectivity index (χ3n) is 4.96. The first-order valence-electron chi connectivity index (χ1n) is 10.3. The third kappa shape index (κ3) is 4.88. The number of nitrogens with zero attached hydrogens (tertiary/aromatic N) is 2. The van der Waals surface area contributed by atoms with Crippen molar-refractivity contribution in [3.8, 4) is 17.1 Å². The van der Waals surface area contributed by atoms with E-state index in [1.807, 2.05) is 18.2 Å². The van der Waals surface area contributed by atoms with Crippen LogP contribution in [0.25, 0.3) is 17.1 Å². The number of furan rings is 1. The molecule has 0 aliphatic carbocycles. The molecule has 1 amide bonds. The van der Waals surface area contributed by atoms with Crippen LogP contribution in [0.5, 0.6) is 0 Å². The predicted molar refractivity (Wildman–Crippen MR) is 123 cm³/mol. The molecule has 0 aliphatic rings.